The molecular formula is C7H4Cl5O2P. The van der Waals surface area contributed by atoms with Gasteiger partial charge in [-0.2, -0.15) is 0 Å². The van der Waals surface area contributed by atoms with Crippen LogP contribution < -0.4 is 5.30 Å². The second kappa shape index (κ2) is 5.01. The second-order valence-corrected chi connectivity index (χ2v) is 8.10. The van der Waals surface area contributed by atoms with Crippen LogP contribution >= 0.6 is 64.4 Å². The summed E-state index contributed by atoms with van der Waals surface area (Å²) in [7, 11) is 0. The van der Waals surface area contributed by atoms with Crippen molar-refractivity contribution in [3.8, 4) is 0 Å². The Bertz CT molecular complexity index is 385. The van der Waals surface area contributed by atoms with Crippen molar-refractivity contribution < 1.29 is 9.09 Å². The fourth-order valence-electron chi connectivity index (χ4n) is 0.805. The van der Waals surface area contributed by atoms with E-state index in [4.69, 9.17) is 57.6 Å². The largest absolute Gasteiger partial charge is 0.323 e. The summed E-state index contributed by atoms with van der Waals surface area (Å²) in [5, 5.41) is 0.684. The Hall–Kier alpha value is 0.860. The summed E-state index contributed by atoms with van der Waals surface area (Å²) in [5.41, 5.74) is 0. The SMILES string of the molecule is O=P(Cl)(OC(Cl)(Cl)Cl)c1ccc(Cl)cc1. The minimum atomic E-state index is -3.67. The van der Waals surface area contributed by atoms with Gasteiger partial charge in [-0.15, -0.1) is 0 Å². The van der Waals surface area contributed by atoms with E-state index in [2.05, 4.69) is 4.52 Å². The minimum absolute atomic E-state index is 0.208. The lowest BCUT2D eigenvalue weighted by molar-refractivity contribution is 0.333. The first-order valence-electron chi connectivity index (χ1n) is 3.54. The first kappa shape index (κ1) is 13.9. The molecule has 0 saturated carbocycles. The molecule has 1 aromatic rings. The third-order valence-electron chi connectivity index (χ3n) is 1.36. The van der Waals surface area contributed by atoms with Gasteiger partial charge < -0.3 is 0 Å². The maximum Gasteiger partial charge on any atom is 0.323 e. The molecule has 0 aliphatic carbocycles. The normalized spacial score (nSPS) is 16.1. The molecular weight excluding hydrogens is 324 g/mol. The number of benzene rings is 1. The van der Waals surface area contributed by atoms with Crippen LogP contribution in [0, 0.1) is 0 Å². The quantitative estimate of drug-likeness (QED) is 0.579. The zero-order chi connectivity index (χ0) is 11.7. The molecule has 0 fully saturated rings. The topological polar surface area (TPSA) is 26.3 Å². The summed E-state index contributed by atoms with van der Waals surface area (Å²) in [6.07, 6.45) is 0. The lowest BCUT2D eigenvalue weighted by Crippen LogP contribution is -2.11. The Morgan fingerprint density at radius 3 is 2.00 bits per heavy atom. The van der Waals surface area contributed by atoms with Crippen molar-refractivity contribution in [2.45, 2.75) is 3.98 Å². The molecule has 2 nitrogen and oxygen atoms in total. The first-order chi connectivity index (χ1) is 6.71. The Kier molecular flexibility index (Phi) is 4.65. The van der Waals surface area contributed by atoms with Gasteiger partial charge in [-0.05, 0) is 35.5 Å². The molecule has 1 unspecified atom stereocenters. The van der Waals surface area contributed by atoms with Crippen LogP contribution in [0.2, 0.25) is 5.02 Å². The van der Waals surface area contributed by atoms with Crippen LogP contribution in [0.5, 0.6) is 0 Å². The van der Waals surface area contributed by atoms with Crippen LogP contribution in [-0.4, -0.2) is 3.98 Å². The highest BCUT2D eigenvalue weighted by Gasteiger charge is 2.34. The summed E-state index contributed by atoms with van der Waals surface area (Å²) in [4.78, 5) is 0. The smallest absolute Gasteiger partial charge is 0.269 e. The van der Waals surface area contributed by atoms with E-state index in [0.29, 0.717) is 5.02 Å². The van der Waals surface area contributed by atoms with Crippen LogP contribution in [0.25, 0.3) is 0 Å². The molecule has 0 amide bonds. The van der Waals surface area contributed by atoms with Gasteiger partial charge >= 0.3 is 10.7 Å². The van der Waals surface area contributed by atoms with Gasteiger partial charge in [0, 0.05) is 5.02 Å². The van der Waals surface area contributed by atoms with Crippen molar-refractivity contribution in [2.24, 2.45) is 0 Å². The molecule has 0 saturated heterocycles. The van der Waals surface area contributed by atoms with Crippen LogP contribution in [-0.2, 0) is 9.09 Å². The van der Waals surface area contributed by atoms with E-state index in [1.807, 2.05) is 0 Å². The van der Waals surface area contributed by atoms with Gasteiger partial charge in [0.25, 0.3) is 0 Å². The number of hydrogen-bond acceptors (Lipinski definition) is 2. The predicted octanol–water partition coefficient (Wildman–Crippen LogP) is 4.74. The van der Waals surface area contributed by atoms with Crippen molar-refractivity contribution >= 4 is 69.7 Å². The average Bonchev–Trinajstić information content (AvgIpc) is 2.00. The molecule has 0 bridgehead atoms. The lowest BCUT2D eigenvalue weighted by atomic mass is 10.4. The lowest BCUT2D eigenvalue weighted by Gasteiger charge is -2.17. The van der Waals surface area contributed by atoms with E-state index < -0.39 is 10.7 Å². The molecule has 0 heterocycles. The number of rotatable bonds is 2. The second-order valence-electron chi connectivity index (χ2n) is 2.49. The molecule has 1 rings (SSSR count). The molecule has 84 valence electrons. The summed E-state index contributed by atoms with van der Waals surface area (Å²) < 4.78 is 14.3. The molecule has 0 radical (unpaired) electrons. The summed E-state index contributed by atoms with van der Waals surface area (Å²) in [5.74, 6) is 0. The Balaban J connectivity index is 2.96. The molecule has 1 atom stereocenters. The van der Waals surface area contributed by atoms with Crippen molar-refractivity contribution in [1.82, 2.24) is 0 Å². The van der Waals surface area contributed by atoms with Crippen LogP contribution in [0.3, 0.4) is 0 Å². The summed E-state index contributed by atoms with van der Waals surface area (Å²) in [6, 6.07) is 5.89. The highest BCUT2D eigenvalue weighted by molar-refractivity contribution is 7.91. The summed E-state index contributed by atoms with van der Waals surface area (Å²) >= 11 is 27.3. The average molecular weight is 328 g/mol. The van der Waals surface area contributed by atoms with E-state index in [1.54, 1.807) is 0 Å². The zero-order valence-electron chi connectivity index (χ0n) is 6.96. The maximum atomic E-state index is 11.8. The van der Waals surface area contributed by atoms with Crippen molar-refractivity contribution in [3.05, 3.63) is 29.3 Å². The van der Waals surface area contributed by atoms with Gasteiger partial charge in [0.15, 0.2) is 0 Å². The zero-order valence-corrected chi connectivity index (χ0v) is 11.6. The molecule has 8 heteroatoms. The first-order valence-corrected chi connectivity index (χ1v) is 7.58. The van der Waals surface area contributed by atoms with Gasteiger partial charge in [-0.25, -0.2) is 0 Å². The van der Waals surface area contributed by atoms with Gasteiger partial charge in [-0.1, -0.05) is 46.4 Å². The highest BCUT2D eigenvalue weighted by Crippen LogP contribution is 2.57. The van der Waals surface area contributed by atoms with Crippen LogP contribution in [0.1, 0.15) is 0 Å². The third-order valence-corrected chi connectivity index (χ3v) is 4.38. The van der Waals surface area contributed by atoms with E-state index in [-0.39, 0.29) is 5.30 Å². The fourth-order valence-corrected chi connectivity index (χ4v) is 3.65. The predicted molar refractivity (Wildman–Crippen MR) is 65.9 cm³/mol. The Labute approximate surface area is 112 Å². The van der Waals surface area contributed by atoms with Gasteiger partial charge in [0.2, 0.25) is 0 Å². The van der Waals surface area contributed by atoms with Crippen molar-refractivity contribution in [2.75, 3.05) is 0 Å². The molecule has 0 spiro atoms. The van der Waals surface area contributed by atoms with Crippen molar-refractivity contribution in [1.29, 1.82) is 0 Å². The van der Waals surface area contributed by atoms with E-state index in [9.17, 15) is 4.57 Å². The monoisotopic (exact) mass is 326 g/mol. The number of hydrogen-bond donors (Lipinski definition) is 0. The van der Waals surface area contributed by atoms with Gasteiger partial charge in [-0.3, -0.25) is 9.09 Å². The fraction of sp³-hybridized carbons (Fsp3) is 0.143. The summed E-state index contributed by atoms with van der Waals surface area (Å²) in [6.45, 7) is -3.67. The molecule has 15 heavy (non-hydrogen) atoms. The van der Waals surface area contributed by atoms with Crippen LogP contribution in [0.15, 0.2) is 24.3 Å². The highest BCUT2D eigenvalue weighted by atomic mass is 35.7. The standard InChI is InChI=1S/C7H4Cl5O2P/c8-5-1-3-6(4-2-5)15(12,13)14-7(9,10)11/h1-4H. The number of alkyl halides is 3. The molecule has 0 aliphatic heterocycles. The Morgan fingerprint density at radius 1 is 1.13 bits per heavy atom. The van der Waals surface area contributed by atoms with Gasteiger partial charge in [0.05, 0.1) is 5.30 Å². The minimum Gasteiger partial charge on any atom is -0.269 e. The molecule has 1 aromatic carbocycles. The van der Waals surface area contributed by atoms with Gasteiger partial charge in [0.1, 0.15) is 0 Å². The third kappa shape index (κ3) is 4.70. The Morgan fingerprint density at radius 2 is 1.60 bits per heavy atom. The van der Waals surface area contributed by atoms with E-state index in [1.165, 1.54) is 24.3 Å². The van der Waals surface area contributed by atoms with E-state index >= 15 is 0 Å². The maximum absolute atomic E-state index is 11.8. The molecule has 0 aliphatic rings. The van der Waals surface area contributed by atoms with Crippen molar-refractivity contribution in [3.63, 3.8) is 0 Å². The van der Waals surface area contributed by atoms with E-state index in [0.717, 1.165) is 0 Å². The number of halogens is 5. The molecule has 0 N–H and O–H groups in total. The molecule has 0 aromatic heterocycles. The van der Waals surface area contributed by atoms with Crippen LogP contribution in [0.4, 0.5) is 0 Å².